The number of amidine groups is 1. The van der Waals surface area contributed by atoms with Crippen LogP contribution in [0.2, 0.25) is 0 Å². The number of aliphatic imine (C=N–C) groups is 1. The lowest BCUT2D eigenvalue weighted by Crippen LogP contribution is -2.41. The number of anilines is 1. The Hall–Kier alpha value is -3.26. The number of thioether (sulfide) groups is 1. The van der Waals surface area contributed by atoms with Crippen LogP contribution in [-0.2, 0) is 9.59 Å². The maximum Gasteiger partial charge on any atom is 0.283 e. The molecular formula is C27H31N3O4S. The van der Waals surface area contributed by atoms with E-state index in [1.807, 2.05) is 49.4 Å². The number of methoxy groups -OCH3 is 2. The summed E-state index contributed by atoms with van der Waals surface area (Å²) in [5.74, 6) is 1.09. The molecule has 1 unspecified atom stereocenters. The number of carbonyl (C=O) groups is 2. The lowest BCUT2D eigenvalue weighted by molar-refractivity contribution is -0.121. The van der Waals surface area contributed by atoms with E-state index in [1.165, 1.54) is 18.2 Å². The third kappa shape index (κ3) is 6.06. The Bertz CT molecular complexity index is 1120. The highest BCUT2D eigenvalue weighted by Crippen LogP contribution is 2.33. The van der Waals surface area contributed by atoms with E-state index < -0.39 is 5.25 Å². The van der Waals surface area contributed by atoms with Gasteiger partial charge in [0.15, 0.2) is 5.17 Å². The van der Waals surface area contributed by atoms with Gasteiger partial charge in [-0.05, 0) is 55.7 Å². The molecule has 2 amide bonds. The number of amides is 2. The third-order valence-electron chi connectivity index (χ3n) is 6.16. The Morgan fingerprint density at radius 1 is 1.09 bits per heavy atom. The first kappa shape index (κ1) is 24.9. The standard InChI is InChI=1S/C27H31N3O4S/c1-18(25(31)28-20-8-5-4-6-9-20)35-27-29-24(16-19-12-14-22(33-2)15-13-19)26(32)30(27)21-10-7-11-23(17-21)34-3/h7,10-18,20H,4-6,8-9H2,1-3H3,(H,28,31)/b24-16-. The van der Waals surface area contributed by atoms with Crippen molar-refractivity contribution in [3.05, 3.63) is 59.8 Å². The fourth-order valence-corrected chi connectivity index (χ4v) is 5.12. The molecule has 1 fully saturated rings. The zero-order chi connectivity index (χ0) is 24.8. The zero-order valence-electron chi connectivity index (χ0n) is 20.3. The molecule has 1 heterocycles. The molecule has 2 aromatic rings. The molecule has 0 radical (unpaired) electrons. The molecule has 2 aliphatic rings. The van der Waals surface area contributed by atoms with Crippen LogP contribution in [0.1, 0.15) is 44.6 Å². The fourth-order valence-electron chi connectivity index (χ4n) is 4.19. The van der Waals surface area contributed by atoms with E-state index >= 15 is 0 Å². The van der Waals surface area contributed by atoms with Gasteiger partial charge in [0.25, 0.3) is 5.91 Å². The van der Waals surface area contributed by atoms with Gasteiger partial charge in [-0.1, -0.05) is 49.2 Å². The largest absolute Gasteiger partial charge is 0.497 e. The lowest BCUT2D eigenvalue weighted by Gasteiger charge is -2.25. The minimum Gasteiger partial charge on any atom is -0.497 e. The van der Waals surface area contributed by atoms with E-state index in [0.29, 0.717) is 22.3 Å². The Labute approximate surface area is 210 Å². The van der Waals surface area contributed by atoms with Gasteiger partial charge in [0.2, 0.25) is 5.91 Å². The molecule has 1 aliphatic heterocycles. The Balaban J connectivity index is 1.59. The van der Waals surface area contributed by atoms with Gasteiger partial charge in [-0.25, -0.2) is 4.99 Å². The summed E-state index contributed by atoms with van der Waals surface area (Å²) in [5.41, 5.74) is 1.77. The maximum atomic E-state index is 13.5. The number of benzene rings is 2. The summed E-state index contributed by atoms with van der Waals surface area (Å²) >= 11 is 1.29. The molecule has 184 valence electrons. The topological polar surface area (TPSA) is 80.2 Å². The van der Waals surface area contributed by atoms with Crippen LogP contribution in [0.3, 0.4) is 0 Å². The minimum absolute atomic E-state index is 0.0322. The minimum atomic E-state index is -0.406. The first-order chi connectivity index (χ1) is 17.0. The van der Waals surface area contributed by atoms with Crippen molar-refractivity contribution in [3.8, 4) is 11.5 Å². The summed E-state index contributed by atoms with van der Waals surface area (Å²) in [6.07, 6.45) is 7.32. The van der Waals surface area contributed by atoms with Gasteiger partial charge in [-0.3, -0.25) is 14.5 Å². The predicted molar refractivity (Wildman–Crippen MR) is 141 cm³/mol. The Morgan fingerprint density at radius 3 is 2.49 bits per heavy atom. The molecule has 1 N–H and O–H groups in total. The second kappa shape index (κ2) is 11.4. The molecule has 4 rings (SSSR count). The number of ether oxygens (including phenoxy) is 2. The molecular weight excluding hydrogens is 462 g/mol. The van der Waals surface area contributed by atoms with Gasteiger partial charge in [-0.2, -0.15) is 0 Å². The second-order valence-corrected chi connectivity index (χ2v) is 9.95. The molecule has 1 saturated carbocycles. The van der Waals surface area contributed by atoms with Crippen LogP contribution in [0.5, 0.6) is 11.5 Å². The summed E-state index contributed by atoms with van der Waals surface area (Å²) < 4.78 is 10.6. The number of hydrogen-bond acceptors (Lipinski definition) is 6. The van der Waals surface area contributed by atoms with Crippen molar-refractivity contribution in [2.24, 2.45) is 4.99 Å². The third-order valence-corrected chi connectivity index (χ3v) is 7.22. The van der Waals surface area contributed by atoms with Crippen LogP contribution >= 0.6 is 11.8 Å². The molecule has 8 heteroatoms. The van der Waals surface area contributed by atoms with E-state index in [2.05, 4.69) is 10.3 Å². The summed E-state index contributed by atoms with van der Waals surface area (Å²) in [4.78, 5) is 32.6. The first-order valence-electron chi connectivity index (χ1n) is 11.9. The van der Waals surface area contributed by atoms with Crippen LogP contribution in [-0.4, -0.2) is 42.5 Å². The number of rotatable bonds is 7. The monoisotopic (exact) mass is 493 g/mol. The Morgan fingerprint density at radius 2 is 1.80 bits per heavy atom. The first-order valence-corrected chi connectivity index (χ1v) is 12.8. The van der Waals surface area contributed by atoms with E-state index in [-0.39, 0.29) is 17.9 Å². The molecule has 35 heavy (non-hydrogen) atoms. The van der Waals surface area contributed by atoms with Gasteiger partial charge in [0.05, 0.1) is 25.2 Å². The highest BCUT2D eigenvalue weighted by molar-refractivity contribution is 8.15. The van der Waals surface area contributed by atoms with Crippen molar-refractivity contribution in [2.45, 2.75) is 50.3 Å². The fraction of sp³-hybridized carbons (Fsp3) is 0.370. The molecule has 7 nitrogen and oxygen atoms in total. The number of hydrogen-bond donors (Lipinski definition) is 1. The molecule has 2 aromatic carbocycles. The normalized spacial score (nSPS) is 18.4. The van der Waals surface area contributed by atoms with E-state index in [4.69, 9.17) is 9.47 Å². The van der Waals surface area contributed by atoms with Crippen LogP contribution in [0.25, 0.3) is 6.08 Å². The van der Waals surface area contributed by atoms with Gasteiger partial charge < -0.3 is 14.8 Å². The van der Waals surface area contributed by atoms with E-state index in [1.54, 1.807) is 31.3 Å². The average Bonchev–Trinajstić information content (AvgIpc) is 3.19. The highest BCUT2D eigenvalue weighted by Gasteiger charge is 2.34. The number of nitrogens with zero attached hydrogens (tertiary/aromatic N) is 2. The van der Waals surface area contributed by atoms with E-state index in [9.17, 15) is 9.59 Å². The maximum absolute atomic E-state index is 13.5. The quantitative estimate of drug-likeness (QED) is 0.548. The second-order valence-electron chi connectivity index (χ2n) is 8.64. The van der Waals surface area contributed by atoms with Crippen molar-refractivity contribution in [1.29, 1.82) is 0 Å². The van der Waals surface area contributed by atoms with Gasteiger partial charge in [0, 0.05) is 12.1 Å². The molecule has 0 aromatic heterocycles. The van der Waals surface area contributed by atoms with Gasteiger partial charge in [-0.15, -0.1) is 0 Å². The lowest BCUT2D eigenvalue weighted by atomic mass is 9.95. The molecule has 0 spiro atoms. The Kier molecular flexibility index (Phi) is 8.13. The van der Waals surface area contributed by atoms with Gasteiger partial charge >= 0.3 is 0 Å². The SMILES string of the molecule is COc1ccc(/C=C2\N=C(SC(C)C(=O)NC3CCCCC3)N(c3cccc(OC)c3)C2=O)cc1. The smallest absolute Gasteiger partial charge is 0.283 e. The summed E-state index contributed by atoms with van der Waals surface area (Å²) in [6, 6.07) is 14.9. The van der Waals surface area contributed by atoms with Crippen LogP contribution < -0.4 is 19.7 Å². The zero-order valence-corrected chi connectivity index (χ0v) is 21.1. The van der Waals surface area contributed by atoms with Crippen molar-refractivity contribution >= 4 is 40.5 Å². The van der Waals surface area contributed by atoms with Crippen molar-refractivity contribution < 1.29 is 19.1 Å². The van der Waals surface area contributed by atoms with Gasteiger partial charge in [0.1, 0.15) is 17.2 Å². The van der Waals surface area contributed by atoms with Crippen molar-refractivity contribution in [3.63, 3.8) is 0 Å². The molecule has 1 atom stereocenters. The summed E-state index contributed by atoms with van der Waals surface area (Å²) in [7, 11) is 3.20. The molecule has 1 aliphatic carbocycles. The van der Waals surface area contributed by atoms with Crippen LogP contribution in [0, 0.1) is 0 Å². The molecule has 0 saturated heterocycles. The van der Waals surface area contributed by atoms with Crippen molar-refractivity contribution in [1.82, 2.24) is 5.32 Å². The summed E-state index contributed by atoms with van der Waals surface area (Å²) in [5, 5.41) is 3.24. The average molecular weight is 494 g/mol. The predicted octanol–water partition coefficient (Wildman–Crippen LogP) is 5.02. The van der Waals surface area contributed by atoms with E-state index in [0.717, 1.165) is 37.0 Å². The van der Waals surface area contributed by atoms with Crippen LogP contribution in [0.15, 0.2) is 59.2 Å². The number of nitrogens with one attached hydrogen (secondary N) is 1. The van der Waals surface area contributed by atoms with Crippen molar-refractivity contribution in [2.75, 3.05) is 19.1 Å². The summed E-state index contributed by atoms with van der Waals surface area (Å²) in [6.45, 7) is 1.85. The molecule has 0 bridgehead atoms. The number of carbonyl (C=O) groups excluding carboxylic acids is 2. The van der Waals surface area contributed by atoms with Crippen LogP contribution in [0.4, 0.5) is 5.69 Å². The highest BCUT2D eigenvalue weighted by atomic mass is 32.2.